The van der Waals surface area contributed by atoms with Crippen LogP contribution in [0, 0.1) is 5.92 Å². The molecular weight excluding hydrogens is 446 g/mol. The summed E-state index contributed by atoms with van der Waals surface area (Å²) in [7, 11) is 4.99. The van der Waals surface area contributed by atoms with Crippen molar-refractivity contribution in [3.63, 3.8) is 0 Å². The number of rotatable bonds is 7. The van der Waals surface area contributed by atoms with Crippen molar-refractivity contribution in [1.82, 2.24) is 9.80 Å². The van der Waals surface area contributed by atoms with Gasteiger partial charge in [0.25, 0.3) is 5.91 Å². The van der Waals surface area contributed by atoms with Crippen LogP contribution in [0.4, 0.5) is 5.69 Å². The number of benzene rings is 2. The average molecular weight is 482 g/mol. The molecule has 0 bridgehead atoms. The fraction of sp³-hybridized carbons (Fsp3) is 0.481. The van der Waals surface area contributed by atoms with E-state index in [1.54, 1.807) is 37.3 Å². The van der Waals surface area contributed by atoms with Gasteiger partial charge in [0.05, 0.1) is 27.4 Å². The van der Waals surface area contributed by atoms with Gasteiger partial charge < -0.3 is 28.9 Å². The first kappa shape index (κ1) is 24.9. The summed E-state index contributed by atoms with van der Waals surface area (Å²) in [5.41, 5.74) is 2.83. The molecule has 0 saturated carbocycles. The van der Waals surface area contributed by atoms with Crippen LogP contribution in [0.2, 0.25) is 0 Å². The van der Waals surface area contributed by atoms with Gasteiger partial charge in [0.1, 0.15) is 11.5 Å². The standard InChI is InChI=1S/C27H35N3O5/c1-28(19-20-4-6-23(7-5-20)29-12-14-35-15-13-29)26(31)21-8-10-30(11-9-21)27(32)22-16-24(33-2)18-25(17-22)34-3/h4-7,16-18,21H,8-15,19H2,1-3H3. The molecule has 0 atom stereocenters. The number of carbonyl (C=O) groups excluding carboxylic acids is 2. The molecule has 0 spiro atoms. The Morgan fingerprint density at radius 2 is 1.54 bits per heavy atom. The molecule has 2 amide bonds. The van der Waals surface area contributed by atoms with Crippen molar-refractivity contribution in [3.8, 4) is 11.5 Å². The summed E-state index contributed by atoms with van der Waals surface area (Å²) in [6.07, 6.45) is 1.32. The molecular formula is C27H35N3O5. The SMILES string of the molecule is COc1cc(OC)cc(C(=O)N2CCC(C(=O)N(C)Cc3ccc(N4CCOCC4)cc3)CC2)c1. The number of ether oxygens (including phenoxy) is 3. The Labute approximate surface area is 207 Å². The van der Waals surface area contributed by atoms with Crippen molar-refractivity contribution in [2.75, 3.05) is 65.6 Å². The maximum absolute atomic E-state index is 13.1. The second-order valence-corrected chi connectivity index (χ2v) is 9.13. The molecule has 2 saturated heterocycles. The van der Waals surface area contributed by atoms with E-state index < -0.39 is 0 Å². The predicted octanol–water partition coefficient (Wildman–Crippen LogP) is 3.05. The Kier molecular flexibility index (Phi) is 8.13. The summed E-state index contributed by atoms with van der Waals surface area (Å²) < 4.78 is 16.0. The van der Waals surface area contributed by atoms with Gasteiger partial charge in [-0.2, -0.15) is 0 Å². The highest BCUT2D eigenvalue weighted by Crippen LogP contribution is 2.26. The molecule has 188 valence electrons. The number of carbonyl (C=O) groups is 2. The van der Waals surface area contributed by atoms with Gasteiger partial charge in [0, 0.05) is 63.0 Å². The first-order chi connectivity index (χ1) is 17.0. The van der Waals surface area contributed by atoms with E-state index in [9.17, 15) is 9.59 Å². The lowest BCUT2D eigenvalue weighted by atomic mass is 9.94. The first-order valence-electron chi connectivity index (χ1n) is 12.2. The molecule has 2 fully saturated rings. The third kappa shape index (κ3) is 6.06. The summed E-state index contributed by atoms with van der Waals surface area (Å²) in [4.78, 5) is 32.1. The van der Waals surface area contributed by atoms with Crippen molar-refractivity contribution < 1.29 is 23.8 Å². The number of piperidine rings is 1. The monoisotopic (exact) mass is 481 g/mol. The molecule has 2 aromatic rings. The zero-order valence-corrected chi connectivity index (χ0v) is 20.9. The minimum atomic E-state index is -0.0727. The quantitative estimate of drug-likeness (QED) is 0.606. The van der Waals surface area contributed by atoms with Crippen molar-refractivity contribution >= 4 is 17.5 Å². The Balaban J connectivity index is 1.29. The highest BCUT2D eigenvalue weighted by atomic mass is 16.5. The van der Waals surface area contributed by atoms with Crippen molar-refractivity contribution in [2.45, 2.75) is 19.4 Å². The normalized spacial score (nSPS) is 16.7. The van der Waals surface area contributed by atoms with Gasteiger partial charge in [-0.05, 0) is 42.7 Å². The minimum absolute atomic E-state index is 0.0678. The summed E-state index contributed by atoms with van der Waals surface area (Å²) in [6, 6.07) is 13.6. The fourth-order valence-electron chi connectivity index (χ4n) is 4.74. The second-order valence-electron chi connectivity index (χ2n) is 9.13. The highest BCUT2D eigenvalue weighted by Gasteiger charge is 2.30. The molecule has 4 rings (SSSR count). The van der Waals surface area contributed by atoms with Gasteiger partial charge >= 0.3 is 0 Å². The summed E-state index contributed by atoms with van der Waals surface area (Å²) in [5, 5.41) is 0. The Morgan fingerprint density at radius 3 is 2.11 bits per heavy atom. The third-order valence-electron chi connectivity index (χ3n) is 6.84. The lowest BCUT2D eigenvalue weighted by Gasteiger charge is -2.33. The molecule has 35 heavy (non-hydrogen) atoms. The van der Waals surface area contributed by atoms with Gasteiger partial charge in [-0.15, -0.1) is 0 Å². The van der Waals surface area contributed by atoms with Crippen LogP contribution in [-0.4, -0.2) is 82.3 Å². The molecule has 2 heterocycles. The zero-order valence-electron chi connectivity index (χ0n) is 20.9. The maximum atomic E-state index is 13.1. The van der Waals surface area contributed by atoms with Crippen LogP contribution in [0.3, 0.4) is 0 Å². The van der Waals surface area contributed by atoms with E-state index in [1.807, 2.05) is 11.9 Å². The van der Waals surface area contributed by atoms with Crippen molar-refractivity contribution in [2.24, 2.45) is 5.92 Å². The third-order valence-corrected chi connectivity index (χ3v) is 6.84. The van der Waals surface area contributed by atoms with E-state index in [-0.39, 0.29) is 17.7 Å². The molecule has 0 unspecified atom stereocenters. The smallest absolute Gasteiger partial charge is 0.254 e. The van der Waals surface area contributed by atoms with Gasteiger partial charge in [0.2, 0.25) is 5.91 Å². The van der Waals surface area contributed by atoms with Crippen molar-refractivity contribution in [3.05, 3.63) is 53.6 Å². The van der Waals surface area contributed by atoms with Gasteiger partial charge in [-0.3, -0.25) is 9.59 Å². The number of nitrogens with zero attached hydrogens (tertiary/aromatic N) is 3. The van der Waals surface area contributed by atoms with E-state index in [0.29, 0.717) is 49.5 Å². The number of likely N-dealkylation sites (tertiary alicyclic amines) is 1. The minimum Gasteiger partial charge on any atom is -0.497 e. The number of hydrogen-bond acceptors (Lipinski definition) is 6. The maximum Gasteiger partial charge on any atom is 0.254 e. The van der Waals surface area contributed by atoms with E-state index in [2.05, 4.69) is 29.2 Å². The number of amides is 2. The highest BCUT2D eigenvalue weighted by molar-refractivity contribution is 5.95. The molecule has 0 radical (unpaired) electrons. The van der Waals surface area contributed by atoms with Crippen LogP contribution in [0.5, 0.6) is 11.5 Å². The van der Waals surface area contributed by atoms with Crippen LogP contribution >= 0.6 is 0 Å². The number of methoxy groups -OCH3 is 2. The van der Waals surface area contributed by atoms with Crippen LogP contribution < -0.4 is 14.4 Å². The second kappa shape index (κ2) is 11.4. The lowest BCUT2D eigenvalue weighted by molar-refractivity contribution is -0.136. The zero-order chi connectivity index (χ0) is 24.8. The Bertz CT molecular complexity index is 990. The lowest BCUT2D eigenvalue weighted by Crippen LogP contribution is -2.43. The molecule has 8 heteroatoms. The Hall–Kier alpha value is -3.26. The first-order valence-corrected chi connectivity index (χ1v) is 12.2. The van der Waals surface area contributed by atoms with E-state index in [1.165, 1.54) is 5.69 Å². The van der Waals surface area contributed by atoms with Crippen LogP contribution in [0.25, 0.3) is 0 Å². The van der Waals surface area contributed by atoms with E-state index >= 15 is 0 Å². The molecule has 2 aliphatic heterocycles. The number of morpholine rings is 1. The Morgan fingerprint density at radius 1 is 0.943 bits per heavy atom. The van der Waals surface area contributed by atoms with Crippen LogP contribution in [0.15, 0.2) is 42.5 Å². The van der Waals surface area contributed by atoms with Crippen LogP contribution in [-0.2, 0) is 16.1 Å². The average Bonchev–Trinajstić information content (AvgIpc) is 2.92. The molecule has 2 aliphatic rings. The summed E-state index contributed by atoms with van der Waals surface area (Å²) in [5.74, 6) is 1.16. The number of hydrogen-bond donors (Lipinski definition) is 0. The largest absolute Gasteiger partial charge is 0.497 e. The van der Waals surface area contributed by atoms with Crippen LogP contribution in [0.1, 0.15) is 28.8 Å². The molecule has 0 aromatic heterocycles. The molecule has 2 aromatic carbocycles. The van der Waals surface area contributed by atoms with Gasteiger partial charge in [-0.1, -0.05) is 12.1 Å². The van der Waals surface area contributed by atoms with Crippen molar-refractivity contribution in [1.29, 1.82) is 0 Å². The summed E-state index contributed by atoms with van der Waals surface area (Å²) >= 11 is 0. The number of anilines is 1. The summed E-state index contributed by atoms with van der Waals surface area (Å²) in [6.45, 7) is 5.02. The molecule has 0 N–H and O–H groups in total. The van der Waals surface area contributed by atoms with E-state index in [0.717, 1.165) is 31.9 Å². The molecule has 0 aliphatic carbocycles. The fourth-order valence-corrected chi connectivity index (χ4v) is 4.74. The topological polar surface area (TPSA) is 71.6 Å². The van der Waals surface area contributed by atoms with E-state index in [4.69, 9.17) is 14.2 Å². The molecule has 8 nitrogen and oxygen atoms in total. The van der Waals surface area contributed by atoms with Gasteiger partial charge in [0.15, 0.2) is 0 Å². The predicted molar refractivity (Wildman–Crippen MR) is 134 cm³/mol. The van der Waals surface area contributed by atoms with Gasteiger partial charge in [-0.25, -0.2) is 0 Å².